The Hall–Kier alpha value is -0.580. The minimum absolute atomic E-state index is 0.210. The molecule has 0 aliphatic carbocycles. The quantitative estimate of drug-likeness (QED) is 0.723. The largest absolute Gasteiger partial charge is 0.243 e. The molecule has 102 valence electrons. The molecule has 5 heteroatoms. The molecule has 1 aromatic rings. The number of hydrogen-bond acceptors (Lipinski definition) is 2. The summed E-state index contributed by atoms with van der Waals surface area (Å²) in [5, 5.41) is 0. The van der Waals surface area contributed by atoms with Crippen LogP contribution in [0.15, 0.2) is 29.2 Å². The van der Waals surface area contributed by atoms with Gasteiger partial charge in [-0.3, -0.25) is 0 Å². The van der Waals surface area contributed by atoms with Crippen LogP contribution in [0.2, 0.25) is 0 Å². The summed E-state index contributed by atoms with van der Waals surface area (Å²) < 4.78 is 26.7. The van der Waals surface area contributed by atoms with Gasteiger partial charge in [0.25, 0.3) is 0 Å². The summed E-state index contributed by atoms with van der Waals surface area (Å²) in [6, 6.07) is 6.93. The molecule has 0 aromatic heterocycles. The van der Waals surface area contributed by atoms with Crippen molar-refractivity contribution in [3.8, 4) is 0 Å². The monoisotopic (exact) mass is 289 g/mol. The smallest absolute Gasteiger partial charge is 0.207 e. The molecule has 0 radical (unpaired) electrons. The highest BCUT2D eigenvalue weighted by atomic mass is 35.5. The van der Waals surface area contributed by atoms with E-state index in [1.54, 1.807) is 28.6 Å². The topological polar surface area (TPSA) is 37.4 Å². The molecule has 0 heterocycles. The van der Waals surface area contributed by atoms with Crippen LogP contribution in [0.1, 0.15) is 32.3 Å². The van der Waals surface area contributed by atoms with Crippen molar-refractivity contribution < 1.29 is 8.42 Å². The van der Waals surface area contributed by atoms with Gasteiger partial charge in [-0.25, -0.2) is 8.42 Å². The fourth-order valence-electron chi connectivity index (χ4n) is 1.86. The van der Waals surface area contributed by atoms with Crippen molar-refractivity contribution in [2.75, 3.05) is 13.1 Å². The third-order valence-electron chi connectivity index (χ3n) is 2.68. The first kappa shape index (κ1) is 15.5. The fourth-order valence-corrected chi connectivity index (χ4v) is 4.01. The van der Waals surface area contributed by atoms with Gasteiger partial charge in [0.05, 0.1) is 4.90 Å². The summed E-state index contributed by atoms with van der Waals surface area (Å²) in [4.78, 5) is 0.335. The molecule has 0 aliphatic rings. The second kappa shape index (κ2) is 7.12. The minimum Gasteiger partial charge on any atom is -0.207 e. The number of halogens is 1. The van der Waals surface area contributed by atoms with Crippen LogP contribution in [0, 0.1) is 0 Å². The summed E-state index contributed by atoms with van der Waals surface area (Å²) in [5.41, 5.74) is 0.663. The maximum absolute atomic E-state index is 12.6. The van der Waals surface area contributed by atoms with Crippen LogP contribution in [0.25, 0.3) is 0 Å². The zero-order chi connectivity index (χ0) is 13.6. The first-order valence-electron chi connectivity index (χ1n) is 6.21. The van der Waals surface area contributed by atoms with Crippen molar-refractivity contribution in [1.29, 1.82) is 0 Å². The lowest BCUT2D eigenvalue weighted by Gasteiger charge is -2.22. The molecule has 1 rings (SSSR count). The lowest BCUT2D eigenvalue weighted by molar-refractivity contribution is 0.409. The van der Waals surface area contributed by atoms with Crippen molar-refractivity contribution >= 4 is 21.6 Å². The highest BCUT2D eigenvalue weighted by molar-refractivity contribution is 7.89. The van der Waals surface area contributed by atoms with Gasteiger partial charge in [0, 0.05) is 19.0 Å². The lowest BCUT2D eigenvalue weighted by atomic mass is 10.2. The van der Waals surface area contributed by atoms with Gasteiger partial charge in [-0.15, -0.1) is 11.6 Å². The summed E-state index contributed by atoms with van der Waals surface area (Å²) in [6.45, 7) is 5.05. The molecule has 0 N–H and O–H groups in total. The van der Waals surface area contributed by atoms with Gasteiger partial charge in [0.15, 0.2) is 0 Å². The molecule has 18 heavy (non-hydrogen) atoms. The van der Waals surface area contributed by atoms with Crippen LogP contribution in [0.3, 0.4) is 0 Å². The second-order valence-corrected chi connectivity index (χ2v) is 6.32. The molecule has 0 bridgehead atoms. The van der Waals surface area contributed by atoms with E-state index in [1.807, 2.05) is 13.8 Å². The Morgan fingerprint density at radius 1 is 1.11 bits per heavy atom. The van der Waals surface area contributed by atoms with E-state index in [-0.39, 0.29) is 5.88 Å². The number of sulfonamides is 1. The van der Waals surface area contributed by atoms with Crippen LogP contribution in [0.5, 0.6) is 0 Å². The summed E-state index contributed by atoms with van der Waals surface area (Å²) in [6.07, 6.45) is 1.62. The van der Waals surface area contributed by atoms with Crippen molar-refractivity contribution in [2.45, 2.75) is 37.5 Å². The SMILES string of the molecule is CCCN(CCC)S(=O)(=O)c1ccccc1CCl. The first-order valence-corrected chi connectivity index (χ1v) is 8.19. The average molecular weight is 290 g/mol. The van der Waals surface area contributed by atoms with Gasteiger partial charge in [-0.1, -0.05) is 32.0 Å². The van der Waals surface area contributed by atoms with Crippen molar-refractivity contribution in [3.63, 3.8) is 0 Å². The predicted molar refractivity (Wildman–Crippen MR) is 75.3 cm³/mol. The van der Waals surface area contributed by atoms with E-state index in [4.69, 9.17) is 11.6 Å². The molecule has 0 fully saturated rings. The van der Waals surface area contributed by atoms with E-state index in [9.17, 15) is 8.42 Å². The molecule has 0 saturated heterocycles. The van der Waals surface area contributed by atoms with Crippen LogP contribution < -0.4 is 0 Å². The second-order valence-electron chi connectivity index (χ2n) is 4.15. The zero-order valence-electron chi connectivity index (χ0n) is 10.9. The normalized spacial score (nSPS) is 12.0. The van der Waals surface area contributed by atoms with Crippen LogP contribution in [-0.2, 0) is 15.9 Å². The maximum Gasteiger partial charge on any atom is 0.243 e. The van der Waals surface area contributed by atoms with Crippen molar-refractivity contribution in [3.05, 3.63) is 29.8 Å². The lowest BCUT2D eigenvalue weighted by Crippen LogP contribution is -2.33. The first-order chi connectivity index (χ1) is 8.57. The van der Waals surface area contributed by atoms with Gasteiger partial charge >= 0.3 is 0 Å². The average Bonchev–Trinajstić information content (AvgIpc) is 2.38. The summed E-state index contributed by atoms with van der Waals surface area (Å²) in [5.74, 6) is 0.210. The van der Waals surface area contributed by atoms with E-state index in [0.717, 1.165) is 12.8 Å². The number of rotatable bonds is 7. The van der Waals surface area contributed by atoms with Gasteiger partial charge in [-0.2, -0.15) is 4.31 Å². The molecule has 0 unspecified atom stereocenters. The molecular weight excluding hydrogens is 270 g/mol. The Labute approximate surface area is 115 Å². The number of benzene rings is 1. The van der Waals surface area contributed by atoms with E-state index in [1.165, 1.54) is 0 Å². The molecular formula is C13H20ClNO2S. The molecule has 1 aromatic carbocycles. The Bertz CT molecular complexity index is 468. The molecule has 3 nitrogen and oxygen atoms in total. The van der Waals surface area contributed by atoms with E-state index in [2.05, 4.69) is 0 Å². The zero-order valence-corrected chi connectivity index (χ0v) is 12.5. The Morgan fingerprint density at radius 3 is 2.17 bits per heavy atom. The third kappa shape index (κ3) is 3.46. The minimum atomic E-state index is -3.42. The highest BCUT2D eigenvalue weighted by Gasteiger charge is 2.24. The van der Waals surface area contributed by atoms with Gasteiger partial charge in [-0.05, 0) is 24.5 Å². The summed E-state index contributed by atoms with van der Waals surface area (Å²) >= 11 is 5.81. The number of hydrogen-bond donors (Lipinski definition) is 0. The van der Waals surface area contributed by atoms with Gasteiger partial charge in [0.2, 0.25) is 10.0 Å². The summed E-state index contributed by atoms with van der Waals surface area (Å²) in [7, 11) is -3.42. The van der Waals surface area contributed by atoms with Crippen LogP contribution >= 0.6 is 11.6 Å². The molecule has 0 amide bonds. The fraction of sp³-hybridized carbons (Fsp3) is 0.538. The van der Waals surface area contributed by atoms with E-state index >= 15 is 0 Å². The van der Waals surface area contributed by atoms with Crippen molar-refractivity contribution in [2.24, 2.45) is 0 Å². The van der Waals surface area contributed by atoms with Crippen LogP contribution in [-0.4, -0.2) is 25.8 Å². The standard InChI is InChI=1S/C13H20ClNO2S/c1-3-9-15(10-4-2)18(16,17)13-8-6-5-7-12(13)11-14/h5-8H,3-4,9-11H2,1-2H3. The van der Waals surface area contributed by atoms with Crippen LogP contribution in [0.4, 0.5) is 0 Å². The van der Waals surface area contributed by atoms with Gasteiger partial charge < -0.3 is 0 Å². The molecule has 0 spiro atoms. The number of nitrogens with zero attached hydrogens (tertiary/aromatic N) is 1. The number of alkyl halides is 1. The molecule has 0 atom stereocenters. The van der Waals surface area contributed by atoms with E-state index in [0.29, 0.717) is 23.5 Å². The molecule has 0 aliphatic heterocycles. The Kier molecular flexibility index (Phi) is 6.12. The Morgan fingerprint density at radius 2 is 1.67 bits per heavy atom. The van der Waals surface area contributed by atoms with Crippen molar-refractivity contribution in [1.82, 2.24) is 4.31 Å². The van der Waals surface area contributed by atoms with E-state index < -0.39 is 10.0 Å². The highest BCUT2D eigenvalue weighted by Crippen LogP contribution is 2.22. The van der Waals surface area contributed by atoms with Gasteiger partial charge in [0.1, 0.15) is 0 Å². The maximum atomic E-state index is 12.6. The predicted octanol–water partition coefficient (Wildman–Crippen LogP) is 3.24. The Balaban J connectivity index is 3.17. The third-order valence-corrected chi connectivity index (χ3v) is 4.97. The molecule has 0 saturated carbocycles.